The third kappa shape index (κ3) is 5.55. The predicted octanol–water partition coefficient (Wildman–Crippen LogP) is 5.31. The molecule has 2 aromatic carbocycles. The van der Waals surface area contributed by atoms with Crippen LogP contribution in [0.5, 0.6) is 0 Å². The van der Waals surface area contributed by atoms with E-state index in [4.69, 9.17) is 23.2 Å². The predicted molar refractivity (Wildman–Crippen MR) is 94.8 cm³/mol. The van der Waals surface area contributed by atoms with Gasteiger partial charge in [0.2, 0.25) is 0 Å². The molecule has 0 amide bonds. The van der Waals surface area contributed by atoms with Crippen molar-refractivity contribution in [3.63, 3.8) is 0 Å². The number of rotatable bonds is 7. The van der Waals surface area contributed by atoms with E-state index < -0.39 is 0 Å². The Morgan fingerprint density at radius 2 is 1.86 bits per heavy atom. The van der Waals surface area contributed by atoms with E-state index in [1.165, 1.54) is 4.90 Å². The maximum atomic E-state index is 6.26. The van der Waals surface area contributed by atoms with Crippen LogP contribution in [0.15, 0.2) is 53.4 Å². The number of likely N-dealkylation sites (N-methyl/N-ethyl adjacent to an activating group) is 1. The van der Waals surface area contributed by atoms with Gasteiger partial charge < -0.3 is 5.32 Å². The second-order valence-corrected chi connectivity index (χ2v) is 6.76. The summed E-state index contributed by atoms with van der Waals surface area (Å²) < 4.78 is 0. The minimum absolute atomic E-state index is 0.371. The summed E-state index contributed by atoms with van der Waals surface area (Å²) in [6.07, 6.45) is 0.882. The first-order valence-corrected chi connectivity index (χ1v) is 8.78. The lowest BCUT2D eigenvalue weighted by Gasteiger charge is -2.18. The molecule has 112 valence electrons. The average molecular weight is 340 g/mol. The van der Waals surface area contributed by atoms with Crippen LogP contribution in [-0.2, 0) is 6.42 Å². The fraction of sp³-hybridized carbons (Fsp3) is 0.294. The first-order chi connectivity index (χ1) is 10.2. The van der Waals surface area contributed by atoms with Gasteiger partial charge in [0.1, 0.15) is 0 Å². The Bertz CT molecular complexity index is 560. The van der Waals surface area contributed by atoms with E-state index in [-0.39, 0.29) is 0 Å². The molecule has 0 spiro atoms. The molecule has 2 aromatic rings. The zero-order chi connectivity index (χ0) is 15.1. The van der Waals surface area contributed by atoms with E-state index in [0.29, 0.717) is 6.04 Å². The molecule has 0 saturated carbocycles. The fourth-order valence-corrected chi connectivity index (χ4v) is 3.53. The Morgan fingerprint density at radius 3 is 2.57 bits per heavy atom. The minimum atomic E-state index is 0.371. The zero-order valence-corrected chi connectivity index (χ0v) is 14.3. The molecule has 21 heavy (non-hydrogen) atoms. The molecule has 1 unspecified atom stereocenters. The SMILES string of the molecule is CCNC(CSc1ccccc1)Cc1cc(Cl)ccc1Cl. The van der Waals surface area contributed by atoms with Gasteiger partial charge in [-0.15, -0.1) is 11.8 Å². The molecule has 0 saturated heterocycles. The molecule has 2 rings (SSSR count). The highest BCUT2D eigenvalue weighted by molar-refractivity contribution is 7.99. The first-order valence-electron chi connectivity index (χ1n) is 7.04. The summed E-state index contributed by atoms with van der Waals surface area (Å²) in [6, 6.07) is 16.5. The van der Waals surface area contributed by atoms with Gasteiger partial charge in [0, 0.05) is 26.7 Å². The lowest BCUT2D eigenvalue weighted by Crippen LogP contribution is -2.33. The van der Waals surface area contributed by atoms with Gasteiger partial charge in [-0.25, -0.2) is 0 Å². The van der Waals surface area contributed by atoms with Crippen molar-refractivity contribution in [3.8, 4) is 0 Å². The van der Waals surface area contributed by atoms with Crippen LogP contribution < -0.4 is 5.32 Å². The molecule has 1 N–H and O–H groups in total. The van der Waals surface area contributed by atoms with Crippen molar-refractivity contribution >= 4 is 35.0 Å². The monoisotopic (exact) mass is 339 g/mol. The maximum Gasteiger partial charge on any atom is 0.0439 e. The third-order valence-corrected chi connectivity index (χ3v) is 4.94. The summed E-state index contributed by atoms with van der Waals surface area (Å²) in [7, 11) is 0. The molecule has 0 radical (unpaired) electrons. The molecule has 0 aliphatic rings. The smallest absolute Gasteiger partial charge is 0.0439 e. The van der Waals surface area contributed by atoms with Crippen molar-refractivity contribution in [2.75, 3.05) is 12.3 Å². The Labute approximate surface area is 141 Å². The molecule has 0 fully saturated rings. The van der Waals surface area contributed by atoms with Crippen LogP contribution in [0.1, 0.15) is 12.5 Å². The molecular formula is C17H19Cl2NS. The number of halogens is 2. The van der Waals surface area contributed by atoms with E-state index in [1.807, 2.05) is 36.0 Å². The topological polar surface area (TPSA) is 12.0 Å². The van der Waals surface area contributed by atoms with Crippen molar-refractivity contribution in [1.29, 1.82) is 0 Å². The van der Waals surface area contributed by atoms with Gasteiger partial charge in [-0.05, 0) is 48.9 Å². The largest absolute Gasteiger partial charge is 0.313 e. The summed E-state index contributed by atoms with van der Waals surface area (Å²) in [6.45, 7) is 3.07. The van der Waals surface area contributed by atoms with E-state index in [9.17, 15) is 0 Å². The van der Waals surface area contributed by atoms with Crippen molar-refractivity contribution in [1.82, 2.24) is 5.32 Å². The van der Waals surface area contributed by atoms with Gasteiger partial charge in [0.15, 0.2) is 0 Å². The standard InChI is InChI=1S/C17H19Cl2NS/c1-2-20-15(12-21-16-6-4-3-5-7-16)11-13-10-14(18)8-9-17(13)19/h3-10,15,20H,2,11-12H2,1H3. The highest BCUT2D eigenvalue weighted by Crippen LogP contribution is 2.24. The molecule has 1 nitrogen and oxygen atoms in total. The lowest BCUT2D eigenvalue weighted by atomic mass is 10.1. The Kier molecular flexibility index (Phi) is 6.91. The van der Waals surface area contributed by atoms with Crippen LogP contribution >= 0.6 is 35.0 Å². The van der Waals surface area contributed by atoms with Crippen molar-refractivity contribution in [2.24, 2.45) is 0 Å². The summed E-state index contributed by atoms with van der Waals surface area (Å²) in [4.78, 5) is 1.29. The Morgan fingerprint density at radius 1 is 1.10 bits per heavy atom. The molecule has 0 aromatic heterocycles. The third-order valence-electron chi connectivity index (χ3n) is 3.16. The van der Waals surface area contributed by atoms with Crippen LogP contribution in [0, 0.1) is 0 Å². The Hall–Kier alpha value is -0.670. The number of benzene rings is 2. The summed E-state index contributed by atoms with van der Waals surface area (Å²) in [5, 5.41) is 5.05. The summed E-state index contributed by atoms with van der Waals surface area (Å²) in [5.41, 5.74) is 1.10. The van der Waals surface area contributed by atoms with Crippen molar-refractivity contribution < 1.29 is 0 Å². The van der Waals surface area contributed by atoms with E-state index in [1.54, 1.807) is 0 Å². The molecule has 1 atom stereocenters. The molecule has 0 aliphatic heterocycles. The van der Waals surface area contributed by atoms with Crippen LogP contribution in [0.4, 0.5) is 0 Å². The first kappa shape index (κ1) is 16.7. The molecule has 0 bridgehead atoms. The number of nitrogens with one attached hydrogen (secondary N) is 1. The second-order valence-electron chi connectivity index (χ2n) is 4.82. The summed E-state index contributed by atoms with van der Waals surface area (Å²) >= 11 is 14.2. The minimum Gasteiger partial charge on any atom is -0.313 e. The molecule has 0 heterocycles. The van der Waals surface area contributed by atoms with Crippen molar-refractivity contribution in [3.05, 3.63) is 64.1 Å². The fourth-order valence-electron chi connectivity index (χ4n) is 2.16. The average Bonchev–Trinajstić information content (AvgIpc) is 2.50. The van der Waals surface area contributed by atoms with Crippen molar-refractivity contribution in [2.45, 2.75) is 24.3 Å². The van der Waals surface area contributed by atoms with Gasteiger partial charge in [0.25, 0.3) is 0 Å². The highest BCUT2D eigenvalue weighted by Gasteiger charge is 2.12. The van der Waals surface area contributed by atoms with Gasteiger partial charge in [-0.2, -0.15) is 0 Å². The zero-order valence-electron chi connectivity index (χ0n) is 12.0. The van der Waals surface area contributed by atoms with Gasteiger partial charge >= 0.3 is 0 Å². The summed E-state index contributed by atoms with van der Waals surface area (Å²) in [5.74, 6) is 1.00. The van der Waals surface area contributed by atoms with Crippen LogP contribution in [-0.4, -0.2) is 18.3 Å². The van der Waals surface area contributed by atoms with Crippen LogP contribution in [0.2, 0.25) is 10.0 Å². The van der Waals surface area contributed by atoms with E-state index >= 15 is 0 Å². The Balaban J connectivity index is 2.00. The lowest BCUT2D eigenvalue weighted by molar-refractivity contribution is 0.573. The van der Waals surface area contributed by atoms with Gasteiger partial charge in [-0.1, -0.05) is 48.3 Å². The van der Waals surface area contributed by atoms with Gasteiger partial charge in [-0.3, -0.25) is 0 Å². The van der Waals surface area contributed by atoms with Crippen LogP contribution in [0.3, 0.4) is 0 Å². The van der Waals surface area contributed by atoms with Crippen LogP contribution in [0.25, 0.3) is 0 Å². The normalized spacial score (nSPS) is 12.3. The van der Waals surface area contributed by atoms with E-state index in [0.717, 1.165) is 34.3 Å². The maximum absolute atomic E-state index is 6.26. The number of hydrogen-bond donors (Lipinski definition) is 1. The number of thioether (sulfide) groups is 1. The quantitative estimate of drug-likeness (QED) is 0.686. The highest BCUT2D eigenvalue weighted by atomic mass is 35.5. The second kappa shape index (κ2) is 8.70. The molecule has 4 heteroatoms. The molecular weight excluding hydrogens is 321 g/mol. The van der Waals surface area contributed by atoms with Gasteiger partial charge in [0.05, 0.1) is 0 Å². The number of hydrogen-bond acceptors (Lipinski definition) is 2. The molecule has 0 aliphatic carbocycles. The van der Waals surface area contributed by atoms with E-state index in [2.05, 4.69) is 36.5 Å².